The molecule has 0 aliphatic heterocycles. The minimum absolute atomic E-state index is 0.259. The molecule has 100 valence electrons. The van der Waals surface area contributed by atoms with E-state index in [4.69, 9.17) is 68.0 Å². The fourth-order valence-electron chi connectivity index (χ4n) is 1.71. The van der Waals surface area contributed by atoms with Crippen LogP contribution in [0.5, 0.6) is 0 Å². The largest absolute Gasteiger partial charge is 0.373 e. The van der Waals surface area contributed by atoms with Crippen molar-refractivity contribution in [2.24, 2.45) is 0 Å². The van der Waals surface area contributed by atoms with Crippen LogP contribution in [0.3, 0.4) is 0 Å². The summed E-state index contributed by atoms with van der Waals surface area (Å²) in [7, 11) is 0. The number of benzene rings is 2. The van der Waals surface area contributed by atoms with Crippen molar-refractivity contribution in [2.45, 2.75) is 0 Å². The monoisotopic (exact) mass is 388 g/mol. The molecule has 2 aromatic carbocycles. The summed E-state index contributed by atoms with van der Waals surface area (Å²) in [5.74, 6) is 0. The van der Waals surface area contributed by atoms with Crippen molar-refractivity contribution >= 4 is 79.2 Å². The lowest BCUT2D eigenvalue weighted by Gasteiger charge is -2.18. The fraction of sp³-hybridized carbons (Fsp3) is 0. The van der Waals surface area contributed by atoms with Crippen LogP contribution < -0.4 is 5.19 Å². The molecule has 7 heteroatoms. The lowest BCUT2D eigenvalue weighted by molar-refractivity contribution is 1.64. The van der Waals surface area contributed by atoms with Gasteiger partial charge in [0.1, 0.15) is 0 Å². The molecule has 0 N–H and O–H groups in total. The van der Waals surface area contributed by atoms with Crippen LogP contribution in [0.25, 0.3) is 11.1 Å². The van der Waals surface area contributed by atoms with Crippen LogP contribution in [-0.2, 0) is 0 Å². The van der Waals surface area contributed by atoms with Gasteiger partial charge in [-0.3, -0.25) is 0 Å². The predicted octanol–water partition coefficient (Wildman–Crippen LogP) is 6.18. The van der Waals surface area contributed by atoms with Crippen molar-refractivity contribution in [3.05, 3.63) is 51.5 Å². The Balaban J connectivity index is 2.82. The summed E-state index contributed by atoms with van der Waals surface area (Å²) < 4.78 is 0. The normalized spacial score (nSPS) is 11.7. The van der Waals surface area contributed by atoms with E-state index in [1.165, 1.54) is 0 Å². The van der Waals surface area contributed by atoms with Gasteiger partial charge in [0.25, 0.3) is 0 Å². The van der Waals surface area contributed by atoms with E-state index in [9.17, 15) is 0 Å². The van der Waals surface area contributed by atoms with E-state index in [0.717, 1.165) is 5.56 Å². The molecule has 0 bridgehead atoms. The number of halogens is 6. The zero-order chi connectivity index (χ0) is 14.2. The highest BCUT2D eigenvalue weighted by Crippen LogP contribution is 2.39. The Morgan fingerprint density at radius 1 is 0.789 bits per heavy atom. The van der Waals surface area contributed by atoms with E-state index in [2.05, 4.69) is 0 Å². The molecule has 0 amide bonds. The first-order chi connectivity index (χ1) is 8.82. The summed E-state index contributed by atoms with van der Waals surface area (Å²) in [6.07, 6.45) is 0. The van der Waals surface area contributed by atoms with Gasteiger partial charge >= 0.3 is 6.00 Å². The van der Waals surface area contributed by atoms with Gasteiger partial charge in [0.2, 0.25) is 0 Å². The Bertz CT molecular complexity index is 606. The quantitative estimate of drug-likeness (QED) is 0.326. The second kappa shape index (κ2) is 6.03. The third-order valence-electron chi connectivity index (χ3n) is 2.53. The maximum absolute atomic E-state index is 6.27. The smallest absolute Gasteiger partial charge is 0.121 e. The minimum Gasteiger partial charge on any atom is -0.121 e. The van der Waals surface area contributed by atoms with E-state index in [-0.39, 0.29) is 10.0 Å². The molecule has 2 rings (SSSR count). The standard InChI is InChI=1S/C12H6Cl6Si/c13-8-6-9(19(16,17)18)10(12(15)11(8)14)7-4-2-1-3-5-7/h1-6H. The first kappa shape index (κ1) is 15.8. The van der Waals surface area contributed by atoms with Gasteiger partial charge in [0.15, 0.2) is 0 Å². The molecule has 0 atom stereocenters. The van der Waals surface area contributed by atoms with Gasteiger partial charge in [-0.15, -0.1) is 33.2 Å². The van der Waals surface area contributed by atoms with Crippen molar-refractivity contribution in [3.63, 3.8) is 0 Å². The molecule has 0 aliphatic carbocycles. The lowest BCUT2D eigenvalue weighted by Crippen LogP contribution is -2.32. The average Bonchev–Trinajstić information content (AvgIpc) is 2.35. The van der Waals surface area contributed by atoms with Gasteiger partial charge in [0.05, 0.1) is 15.1 Å². The number of rotatable bonds is 2. The summed E-state index contributed by atoms with van der Waals surface area (Å²) in [5, 5.41) is 1.37. The number of hydrogen-bond acceptors (Lipinski definition) is 0. The predicted molar refractivity (Wildman–Crippen MR) is 89.9 cm³/mol. The molecule has 0 radical (unpaired) electrons. The maximum atomic E-state index is 6.27. The van der Waals surface area contributed by atoms with Crippen molar-refractivity contribution in [3.8, 4) is 11.1 Å². The van der Waals surface area contributed by atoms with Gasteiger partial charge in [-0.2, -0.15) is 0 Å². The molecule has 0 saturated heterocycles. The molecule has 0 aromatic heterocycles. The average molecular weight is 391 g/mol. The van der Waals surface area contributed by atoms with E-state index in [1.807, 2.05) is 30.3 Å². The zero-order valence-corrected chi connectivity index (χ0v) is 14.8. The Morgan fingerprint density at radius 2 is 1.37 bits per heavy atom. The van der Waals surface area contributed by atoms with Crippen LogP contribution in [-0.4, -0.2) is 6.00 Å². The summed E-state index contributed by atoms with van der Waals surface area (Å²) in [5.41, 5.74) is 1.46. The fourth-order valence-corrected chi connectivity index (χ4v) is 4.79. The first-order valence-corrected chi connectivity index (χ1v) is 11.3. The second-order valence-corrected chi connectivity index (χ2v) is 13.3. The van der Waals surface area contributed by atoms with Crippen molar-refractivity contribution in [1.29, 1.82) is 0 Å². The maximum Gasteiger partial charge on any atom is 0.373 e. The van der Waals surface area contributed by atoms with Gasteiger partial charge in [-0.05, 0) is 16.8 Å². The Hall–Kier alpha value is 0.397. The summed E-state index contributed by atoms with van der Waals surface area (Å²) in [6, 6.07) is 7.81. The summed E-state index contributed by atoms with van der Waals surface area (Å²) >= 11 is 36.7. The molecular weight excluding hydrogens is 385 g/mol. The van der Waals surface area contributed by atoms with E-state index < -0.39 is 6.00 Å². The Kier molecular flexibility index (Phi) is 5.00. The highest BCUT2D eigenvalue weighted by atomic mass is 35.8. The van der Waals surface area contributed by atoms with Crippen LogP contribution >= 0.6 is 68.0 Å². The third-order valence-corrected chi connectivity index (χ3v) is 6.63. The lowest BCUT2D eigenvalue weighted by atomic mass is 10.1. The molecular formula is C12H6Cl6Si. The highest BCUT2D eigenvalue weighted by molar-refractivity contribution is 7.69. The third kappa shape index (κ3) is 3.35. The molecule has 0 nitrogen and oxygen atoms in total. The van der Waals surface area contributed by atoms with Gasteiger partial charge in [-0.1, -0.05) is 65.1 Å². The van der Waals surface area contributed by atoms with Crippen LogP contribution in [0.2, 0.25) is 15.1 Å². The molecule has 0 unspecified atom stereocenters. The minimum atomic E-state index is -3.16. The van der Waals surface area contributed by atoms with Crippen molar-refractivity contribution < 1.29 is 0 Å². The SMILES string of the molecule is Clc1cc([Si](Cl)(Cl)Cl)c(-c2ccccc2)c(Cl)c1Cl. The van der Waals surface area contributed by atoms with Crippen LogP contribution in [0.4, 0.5) is 0 Å². The van der Waals surface area contributed by atoms with Crippen molar-refractivity contribution in [2.75, 3.05) is 0 Å². The molecule has 0 saturated carbocycles. The van der Waals surface area contributed by atoms with E-state index in [0.29, 0.717) is 15.8 Å². The molecule has 0 fully saturated rings. The van der Waals surface area contributed by atoms with Crippen LogP contribution in [0.15, 0.2) is 36.4 Å². The Labute approximate surface area is 141 Å². The highest BCUT2D eigenvalue weighted by Gasteiger charge is 2.34. The van der Waals surface area contributed by atoms with E-state index in [1.54, 1.807) is 6.07 Å². The first-order valence-electron chi connectivity index (χ1n) is 5.12. The molecule has 0 aliphatic rings. The summed E-state index contributed by atoms with van der Waals surface area (Å²) in [4.78, 5) is 0. The van der Waals surface area contributed by atoms with Gasteiger partial charge in [-0.25, -0.2) is 0 Å². The number of hydrogen-bond donors (Lipinski definition) is 0. The molecule has 2 aromatic rings. The topological polar surface area (TPSA) is 0 Å². The zero-order valence-electron chi connectivity index (χ0n) is 9.23. The van der Waals surface area contributed by atoms with Crippen molar-refractivity contribution in [1.82, 2.24) is 0 Å². The van der Waals surface area contributed by atoms with Crippen LogP contribution in [0.1, 0.15) is 0 Å². The second-order valence-electron chi connectivity index (χ2n) is 3.77. The van der Waals surface area contributed by atoms with Gasteiger partial charge in [0, 0.05) is 5.56 Å². The molecule has 0 spiro atoms. The summed E-state index contributed by atoms with van der Waals surface area (Å²) in [6.45, 7) is 0. The van der Waals surface area contributed by atoms with E-state index >= 15 is 0 Å². The molecule has 0 heterocycles. The molecule has 19 heavy (non-hydrogen) atoms. The van der Waals surface area contributed by atoms with Crippen LogP contribution in [0, 0.1) is 0 Å². The van der Waals surface area contributed by atoms with Gasteiger partial charge < -0.3 is 0 Å². The Morgan fingerprint density at radius 3 is 1.89 bits per heavy atom.